The van der Waals surface area contributed by atoms with Crippen molar-refractivity contribution in [1.29, 1.82) is 0 Å². The Balaban J connectivity index is 1.76. The number of hydrogen-bond acceptors (Lipinski definition) is 2. The largest absolute Gasteiger partial charge is 0.493 e. The van der Waals surface area contributed by atoms with Crippen LogP contribution in [0, 0.1) is 6.92 Å². The number of benzene rings is 2. The van der Waals surface area contributed by atoms with Crippen molar-refractivity contribution in [3.8, 4) is 16.9 Å². The van der Waals surface area contributed by atoms with E-state index in [2.05, 4.69) is 54.4 Å². The molecule has 0 unspecified atom stereocenters. The molecule has 0 fully saturated rings. The molecule has 0 aliphatic carbocycles. The van der Waals surface area contributed by atoms with E-state index in [9.17, 15) is 0 Å². The topological polar surface area (TPSA) is 22.1 Å². The molecule has 2 heteroatoms. The molecule has 0 spiro atoms. The molecule has 0 amide bonds. The van der Waals surface area contributed by atoms with Crippen molar-refractivity contribution >= 4 is 0 Å². The molecule has 3 aromatic rings. The Bertz CT molecular complexity index is 723. The molecule has 0 N–H and O–H groups in total. The fraction of sp³-hybridized carbons (Fsp3) is 0.150. The maximum atomic E-state index is 6.03. The lowest BCUT2D eigenvalue weighted by Gasteiger charge is -2.12. The van der Waals surface area contributed by atoms with E-state index in [-0.39, 0.29) is 0 Å². The number of aryl methyl sites for hydroxylation is 1. The summed E-state index contributed by atoms with van der Waals surface area (Å²) < 4.78 is 6.03. The van der Waals surface area contributed by atoms with Crippen LogP contribution in [0.3, 0.4) is 0 Å². The van der Waals surface area contributed by atoms with Crippen LogP contribution in [0.1, 0.15) is 11.1 Å². The molecule has 0 atom stereocenters. The molecular weight excluding hydrogens is 270 g/mol. The summed E-state index contributed by atoms with van der Waals surface area (Å²) in [6.45, 7) is 2.77. The molecule has 22 heavy (non-hydrogen) atoms. The molecule has 1 aromatic heterocycles. The zero-order chi connectivity index (χ0) is 15.2. The summed E-state index contributed by atoms with van der Waals surface area (Å²) in [5, 5.41) is 0. The second-order valence-corrected chi connectivity index (χ2v) is 5.32. The number of ether oxygens (including phenoxy) is 1. The quantitative estimate of drug-likeness (QED) is 0.680. The van der Waals surface area contributed by atoms with Crippen LogP contribution in [0.4, 0.5) is 0 Å². The number of hydrogen-bond donors (Lipinski definition) is 0. The Morgan fingerprint density at radius 1 is 0.909 bits per heavy atom. The van der Waals surface area contributed by atoms with Gasteiger partial charge in [0, 0.05) is 24.4 Å². The Morgan fingerprint density at radius 2 is 1.68 bits per heavy atom. The molecule has 0 saturated carbocycles. The number of rotatable bonds is 5. The highest BCUT2D eigenvalue weighted by atomic mass is 16.5. The summed E-state index contributed by atoms with van der Waals surface area (Å²) in [6.07, 6.45) is 4.53. The van der Waals surface area contributed by atoms with Crippen LogP contribution in [-0.2, 0) is 6.42 Å². The first-order valence-corrected chi connectivity index (χ1v) is 7.51. The highest BCUT2D eigenvalue weighted by molar-refractivity contribution is 5.70. The van der Waals surface area contributed by atoms with Crippen LogP contribution in [-0.4, -0.2) is 11.6 Å². The molecule has 0 aliphatic rings. The Morgan fingerprint density at radius 3 is 2.45 bits per heavy atom. The summed E-state index contributed by atoms with van der Waals surface area (Å²) in [7, 11) is 0. The van der Waals surface area contributed by atoms with Crippen molar-refractivity contribution < 1.29 is 4.74 Å². The van der Waals surface area contributed by atoms with Gasteiger partial charge in [0.15, 0.2) is 0 Å². The zero-order valence-electron chi connectivity index (χ0n) is 12.7. The zero-order valence-corrected chi connectivity index (χ0v) is 12.7. The summed E-state index contributed by atoms with van der Waals surface area (Å²) in [4.78, 5) is 4.08. The summed E-state index contributed by atoms with van der Waals surface area (Å²) >= 11 is 0. The van der Waals surface area contributed by atoms with E-state index in [0.717, 1.165) is 23.3 Å². The minimum Gasteiger partial charge on any atom is -0.493 e. The minimum absolute atomic E-state index is 0.672. The SMILES string of the molecule is Cc1ccc(OCCc2ccccc2)c(-c2ccncc2)c1. The summed E-state index contributed by atoms with van der Waals surface area (Å²) in [6, 6.07) is 20.7. The van der Waals surface area contributed by atoms with Crippen molar-refractivity contribution in [2.75, 3.05) is 6.61 Å². The van der Waals surface area contributed by atoms with E-state index in [0.29, 0.717) is 6.61 Å². The van der Waals surface area contributed by atoms with E-state index < -0.39 is 0 Å². The van der Waals surface area contributed by atoms with Gasteiger partial charge in [-0.2, -0.15) is 0 Å². The van der Waals surface area contributed by atoms with Gasteiger partial charge in [-0.3, -0.25) is 4.98 Å². The monoisotopic (exact) mass is 289 g/mol. The third-order valence-corrected chi connectivity index (χ3v) is 3.62. The van der Waals surface area contributed by atoms with Crippen molar-refractivity contribution in [3.63, 3.8) is 0 Å². The Hall–Kier alpha value is -2.61. The normalized spacial score (nSPS) is 10.4. The van der Waals surface area contributed by atoms with Crippen molar-refractivity contribution in [2.24, 2.45) is 0 Å². The third-order valence-electron chi connectivity index (χ3n) is 3.62. The smallest absolute Gasteiger partial charge is 0.127 e. The van der Waals surface area contributed by atoms with Gasteiger partial charge in [0.1, 0.15) is 5.75 Å². The fourth-order valence-electron chi connectivity index (χ4n) is 2.45. The van der Waals surface area contributed by atoms with E-state index in [1.54, 1.807) is 0 Å². The lowest BCUT2D eigenvalue weighted by molar-refractivity contribution is 0.323. The molecule has 0 bridgehead atoms. The fourth-order valence-corrected chi connectivity index (χ4v) is 2.45. The van der Waals surface area contributed by atoms with Crippen LogP contribution in [0.5, 0.6) is 5.75 Å². The van der Waals surface area contributed by atoms with E-state index in [1.165, 1.54) is 11.1 Å². The average molecular weight is 289 g/mol. The average Bonchev–Trinajstić information content (AvgIpc) is 2.58. The highest BCUT2D eigenvalue weighted by Crippen LogP contribution is 2.30. The Labute approximate surface area is 131 Å². The maximum Gasteiger partial charge on any atom is 0.127 e. The van der Waals surface area contributed by atoms with Crippen LogP contribution < -0.4 is 4.74 Å². The molecule has 110 valence electrons. The third kappa shape index (κ3) is 3.53. The first-order valence-electron chi connectivity index (χ1n) is 7.51. The number of pyridine rings is 1. The molecule has 1 heterocycles. The molecule has 3 rings (SSSR count). The Kier molecular flexibility index (Phi) is 4.50. The highest BCUT2D eigenvalue weighted by Gasteiger charge is 2.07. The maximum absolute atomic E-state index is 6.03. The van der Waals surface area contributed by atoms with Gasteiger partial charge in [0.05, 0.1) is 6.61 Å². The second kappa shape index (κ2) is 6.90. The molecule has 0 saturated heterocycles. The van der Waals surface area contributed by atoms with Gasteiger partial charge < -0.3 is 4.74 Å². The van der Waals surface area contributed by atoms with Gasteiger partial charge in [0.25, 0.3) is 0 Å². The standard InChI is InChI=1S/C20H19NO/c1-16-7-8-20(19(15-16)18-9-12-21-13-10-18)22-14-11-17-5-3-2-4-6-17/h2-10,12-13,15H,11,14H2,1H3. The van der Waals surface area contributed by atoms with Gasteiger partial charge in [0.2, 0.25) is 0 Å². The second-order valence-electron chi connectivity index (χ2n) is 5.32. The van der Waals surface area contributed by atoms with Crippen molar-refractivity contribution in [1.82, 2.24) is 4.98 Å². The molecular formula is C20H19NO. The van der Waals surface area contributed by atoms with Gasteiger partial charge in [-0.25, -0.2) is 0 Å². The summed E-state index contributed by atoms with van der Waals surface area (Å²) in [5.41, 5.74) is 4.77. The first-order chi connectivity index (χ1) is 10.8. The molecule has 2 aromatic carbocycles. The van der Waals surface area contributed by atoms with Crippen molar-refractivity contribution in [2.45, 2.75) is 13.3 Å². The van der Waals surface area contributed by atoms with Gasteiger partial charge in [-0.05, 0) is 42.3 Å². The van der Waals surface area contributed by atoms with Crippen LogP contribution in [0.15, 0.2) is 73.1 Å². The molecule has 0 radical (unpaired) electrons. The lowest BCUT2D eigenvalue weighted by Crippen LogP contribution is -2.02. The summed E-state index contributed by atoms with van der Waals surface area (Å²) in [5.74, 6) is 0.924. The lowest BCUT2D eigenvalue weighted by atomic mass is 10.0. The van der Waals surface area contributed by atoms with Gasteiger partial charge >= 0.3 is 0 Å². The number of aromatic nitrogens is 1. The van der Waals surface area contributed by atoms with Crippen LogP contribution in [0.2, 0.25) is 0 Å². The first kappa shape index (κ1) is 14.3. The van der Waals surface area contributed by atoms with Gasteiger partial charge in [-0.15, -0.1) is 0 Å². The predicted molar refractivity (Wildman–Crippen MR) is 90.1 cm³/mol. The minimum atomic E-state index is 0.672. The van der Waals surface area contributed by atoms with E-state index >= 15 is 0 Å². The van der Waals surface area contributed by atoms with Crippen LogP contribution in [0.25, 0.3) is 11.1 Å². The number of nitrogens with zero attached hydrogens (tertiary/aromatic N) is 1. The predicted octanol–water partition coefficient (Wildman–Crippen LogP) is 4.68. The van der Waals surface area contributed by atoms with Gasteiger partial charge in [-0.1, -0.05) is 42.0 Å². The van der Waals surface area contributed by atoms with E-state index in [4.69, 9.17) is 4.74 Å². The molecule has 2 nitrogen and oxygen atoms in total. The van der Waals surface area contributed by atoms with E-state index in [1.807, 2.05) is 30.6 Å². The van der Waals surface area contributed by atoms with Crippen molar-refractivity contribution in [3.05, 3.63) is 84.2 Å². The molecule has 0 aliphatic heterocycles. The van der Waals surface area contributed by atoms with Crippen LogP contribution >= 0.6 is 0 Å².